The fourth-order valence-corrected chi connectivity index (χ4v) is 2.60. The van der Waals surface area contributed by atoms with E-state index < -0.39 is 0 Å². The topological polar surface area (TPSA) is 50.2 Å². The van der Waals surface area contributed by atoms with E-state index in [4.69, 9.17) is 0 Å². The molecule has 1 aromatic heterocycles. The first-order chi connectivity index (χ1) is 11.0. The summed E-state index contributed by atoms with van der Waals surface area (Å²) in [6.07, 6.45) is 1.34. The van der Waals surface area contributed by atoms with Crippen LogP contribution in [0.25, 0.3) is 5.69 Å². The molecule has 0 saturated heterocycles. The van der Waals surface area contributed by atoms with Crippen LogP contribution >= 0.6 is 0 Å². The van der Waals surface area contributed by atoms with Gasteiger partial charge in [0, 0.05) is 17.8 Å². The van der Waals surface area contributed by atoms with Gasteiger partial charge >= 0.3 is 0 Å². The molecule has 0 radical (unpaired) electrons. The second-order valence-electron chi connectivity index (χ2n) is 6.08. The molecule has 124 valence electrons. The molecule has 0 saturated carbocycles. The van der Waals surface area contributed by atoms with Crippen molar-refractivity contribution in [1.29, 1.82) is 0 Å². The Balaban J connectivity index is 2.01. The van der Waals surface area contributed by atoms with Gasteiger partial charge in [-0.15, -0.1) is 0 Å². The van der Waals surface area contributed by atoms with Gasteiger partial charge in [0.2, 0.25) is 5.91 Å². The zero-order chi connectivity index (χ0) is 16.8. The molecule has 1 N–H and O–H groups in total. The Morgan fingerprint density at radius 1 is 1.22 bits per heavy atom. The van der Waals surface area contributed by atoms with Gasteiger partial charge in [-0.3, -0.25) is 4.79 Å². The predicted octanol–water partition coefficient (Wildman–Crippen LogP) is 2.10. The van der Waals surface area contributed by atoms with Crippen molar-refractivity contribution >= 4 is 5.91 Å². The summed E-state index contributed by atoms with van der Waals surface area (Å²) in [6.45, 7) is 5.66. The van der Waals surface area contributed by atoms with Gasteiger partial charge in [0.25, 0.3) is 0 Å². The number of aryl methyl sites for hydroxylation is 1. The first-order valence-electron chi connectivity index (χ1n) is 8.01. The maximum Gasteiger partial charge on any atom is 0.224 e. The van der Waals surface area contributed by atoms with Crippen LogP contribution in [0, 0.1) is 13.8 Å². The van der Waals surface area contributed by atoms with Gasteiger partial charge in [-0.05, 0) is 53.0 Å². The normalized spacial score (nSPS) is 11.0. The highest BCUT2D eigenvalue weighted by atomic mass is 16.1. The predicted molar refractivity (Wildman–Crippen MR) is 92.9 cm³/mol. The fraction of sp³-hybridized carbons (Fsp3) is 0.444. The number of carbonyl (C=O) groups excluding carboxylic acids is 1. The molecule has 1 aromatic carbocycles. The van der Waals surface area contributed by atoms with E-state index in [1.807, 2.05) is 63.0 Å². The van der Waals surface area contributed by atoms with Crippen molar-refractivity contribution in [3.05, 3.63) is 47.3 Å². The van der Waals surface area contributed by atoms with E-state index in [0.29, 0.717) is 13.0 Å². The molecule has 1 amide bonds. The van der Waals surface area contributed by atoms with Gasteiger partial charge < -0.3 is 10.2 Å². The molecule has 5 heteroatoms. The van der Waals surface area contributed by atoms with Crippen LogP contribution in [0.2, 0.25) is 0 Å². The molecule has 0 aliphatic heterocycles. The number of hydrogen-bond acceptors (Lipinski definition) is 3. The molecule has 2 rings (SSSR count). The first kappa shape index (κ1) is 17.2. The number of amides is 1. The number of nitrogens with one attached hydrogen (secondary N) is 1. The molecule has 0 atom stereocenters. The smallest absolute Gasteiger partial charge is 0.224 e. The molecule has 1 heterocycles. The number of carbonyl (C=O) groups is 1. The summed E-state index contributed by atoms with van der Waals surface area (Å²) in [4.78, 5) is 14.3. The fourth-order valence-electron chi connectivity index (χ4n) is 2.60. The third kappa shape index (κ3) is 4.66. The van der Waals surface area contributed by atoms with E-state index >= 15 is 0 Å². The molecule has 0 bridgehead atoms. The second kappa shape index (κ2) is 7.92. The number of para-hydroxylation sites is 1. The van der Waals surface area contributed by atoms with Crippen LogP contribution in [-0.4, -0.2) is 47.8 Å². The number of benzene rings is 1. The number of rotatable bonds is 7. The van der Waals surface area contributed by atoms with Crippen LogP contribution in [-0.2, 0) is 11.2 Å². The van der Waals surface area contributed by atoms with E-state index in [1.54, 1.807) is 0 Å². The largest absolute Gasteiger partial charge is 0.356 e. The third-order valence-electron chi connectivity index (χ3n) is 3.88. The number of nitrogens with zero attached hydrogens (tertiary/aromatic N) is 3. The highest BCUT2D eigenvalue weighted by Gasteiger charge is 2.15. The Labute approximate surface area is 138 Å². The molecule has 0 spiro atoms. The lowest BCUT2D eigenvalue weighted by Crippen LogP contribution is -2.28. The molecule has 0 fully saturated rings. The summed E-state index contributed by atoms with van der Waals surface area (Å²) < 4.78 is 1.91. The SMILES string of the molecule is Cc1nn(-c2ccccc2)c(C)c1CC(=O)NCCCN(C)C. The van der Waals surface area contributed by atoms with E-state index in [2.05, 4.69) is 15.3 Å². The Morgan fingerprint density at radius 3 is 2.57 bits per heavy atom. The molecule has 0 aliphatic carbocycles. The van der Waals surface area contributed by atoms with Crippen molar-refractivity contribution in [3.63, 3.8) is 0 Å². The molecule has 0 unspecified atom stereocenters. The van der Waals surface area contributed by atoms with Gasteiger partial charge in [0.05, 0.1) is 17.8 Å². The van der Waals surface area contributed by atoms with Crippen LogP contribution in [0.15, 0.2) is 30.3 Å². The highest BCUT2D eigenvalue weighted by molar-refractivity contribution is 5.79. The lowest BCUT2D eigenvalue weighted by molar-refractivity contribution is -0.120. The van der Waals surface area contributed by atoms with Crippen molar-refractivity contribution in [2.75, 3.05) is 27.2 Å². The minimum Gasteiger partial charge on any atom is -0.356 e. The van der Waals surface area contributed by atoms with Crippen molar-refractivity contribution in [2.45, 2.75) is 26.7 Å². The van der Waals surface area contributed by atoms with Crippen LogP contribution < -0.4 is 5.32 Å². The molecular weight excluding hydrogens is 288 g/mol. The van der Waals surface area contributed by atoms with Gasteiger partial charge in [-0.1, -0.05) is 18.2 Å². The maximum atomic E-state index is 12.1. The van der Waals surface area contributed by atoms with E-state index in [-0.39, 0.29) is 5.91 Å². The molecule has 5 nitrogen and oxygen atoms in total. The van der Waals surface area contributed by atoms with Crippen molar-refractivity contribution in [1.82, 2.24) is 20.0 Å². The number of aromatic nitrogens is 2. The summed E-state index contributed by atoms with van der Waals surface area (Å²) in [5, 5.41) is 7.57. The lowest BCUT2D eigenvalue weighted by atomic mass is 10.1. The van der Waals surface area contributed by atoms with Crippen LogP contribution in [0.5, 0.6) is 0 Å². The van der Waals surface area contributed by atoms with E-state index in [1.165, 1.54) is 0 Å². The summed E-state index contributed by atoms with van der Waals surface area (Å²) >= 11 is 0. The average Bonchev–Trinajstić information content (AvgIpc) is 2.80. The Morgan fingerprint density at radius 2 is 1.91 bits per heavy atom. The molecular formula is C18H26N4O. The minimum atomic E-state index is 0.0579. The minimum absolute atomic E-state index is 0.0579. The Bertz CT molecular complexity index is 647. The number of hydrogen-bond donors (Lipinski definition) is 1. The summed E-state index contributed by atoms with van der Waals surface area (Å²) in [5.41, 5.74) is 3.97. The monoisotopic (exact) mass is 314 g/mol. The van der Waals surface area contributed by atoms with Gasteiger partial charge in [0.1, 0.15) is 0 Å². The zero-order valence-corrected chi connectivity index (χ0v) is 14.5. The van der Waals surface area contributed by atoms with Crippen LogP contribution in [0.1, 0.15) is 23.4 Å². The lowest BCUT2D eigenvalue weighted by Gasteiger charge is -2.10. The van der Waals surface area contributed by atoms with Gasteiger partial charge in [-0.25, -0.2) is 4.68 Å². The second-order valence-corrected chi connectivity index (χ2v) is 6.08. The highest BCUT2D eigenvalue weighted by Crippen LogP contribution is 2.18. The van der Waals surface area contributed by atoms with Crippen LogP contribution in [0.4, 0.5) is 0 Å². The van der Waals surface area contributed by atoms with Gasteiger partial charge in [0.15, 0.2) is 0 Å². The average molecular weight is 314 g/mol. The van der Waals surface area contributed by atoms with Crippen molar-refractivity contribution in [2.24, 2.45) is 0 Å². The van der Waals surface area contributed by atoms with Gasteiger partial charge in [-0.2, -0.15) is 5.10 Å². The Hall–Kier alpha value is -2.14. The van der Waals surface area contributed by atoms with Crippen molar-refractivity contribution < 1.29 is 4.79 Å². The first-order valence-corrected chi connectivity index (χ1v) is 8.01. The van der Waals surface area contributed by atoms with Crippen LogP contribution in [0.3, 0.4) is 0 Å². The quantitative estimate of drug-likeness (QED) is 0.796. The molecule has 2 aromatic rings. The summed E-state index contributed by atoms with van der Waals surface area (Å²) in [7, 11) is 4.07. The summed E-state index contributed by atoms with van der Waals surface area (Å²) in [5.74, 6) is 0.0579. The maximum absolute atomic E-state index is 12.1. The van der Waals surface area contributed by atoms with Crippen molar-refractivity contribution in [3.8, 4) is 5.69 Å². The molecule has 0 aliphatic rings. The molecule has 23 heavy (non-hydrogen) atoms. The standard InChI is InChI=1S/C18H26N4O/c1-14-17(13-18(23)19-11-8-12-21(3)4)15(2)22(20-14)16-9-6-5-7-10-16/h5-7,9-10H,8,11-13H2,1-4H3,(H,19,23). The van der Waals surface area contributed by atoms with E-state index in [9.17, 15) is 4.79 Å². The third-order valence-corrected chi connectivity index (χ3v) is 3.88. The van der Waals surface area contributed by atoms with E-state index in [0.717, 1.165) is 35.6 Å². The Kier molecular flexibility index (Phi) is 5.93. The summed E-state index contributed by atoms with van der Waals surface area (Å²) in [6, 6.07) is 10.00. The zero-order valence-electron chi connectivity index (χ0n) is 14.5.